The smallest absolute Gasteiger partial charge is 0.345 e. The van der Waals surface area contributed by atoms with Gasteiger partial charge in [0.15, 0.2) is 0 Å². The molecule has 9 heteroatoms. The predicted octanol–water partition coefficient (Wildman–Crippen LogP) is 6.44. The summed E-state index contributed by atoms with van der Waals surface area (Å²) in [5.74, 6) is 0.914. The zero-order valence-corrected chi connectivity index (χ0v) is 27.6. The van der Waals surface area contributed by atoms with Crippen LogP contribution in [0.1, 0.15) is 84.7 Å². The maximum Gasteiger partial charge on any atom is 0.345 e. The van der Waals surface area contributed by atoms with Crippen molar-refractivity contribution in [2.24, 2.45) is 0 Å². The van der Waals surface area contributed by atoms with E-state index in [1.54, 1.807) is 16.5 Å². The largest absolute Gasteiger partial charge is 0.486 e. The highest BCUT2D eigenvalue weighted by Crippen LogP contribution is 2.42. The summed E-state index contributed by atoms with van der Waals surface area (Å²) in [6, 6.07) is 21.0. The zero-order valence-electron chi connectivity index (χ0n) is 27.6. The molecule has 3 aromatic carbocycles. The van der Waals surface area contributed by atoms with Gasteiger partial charge in [-0.15, -0.1) is 0 Å². The number of carbonyl (C=O) groups excluding carboxylic acids is 2. The van der Waals surface area contributed by atoms with Gasteiger partial charge in [-0.2, -0.15) is 5.10 Å². The molecule has 1 aliphatic heterocycles. The Balaban J connectivity index is 1.24. The predicted molar refractivity (Wildman–Crippen MR) is 179 cm³/mol. The van der Waals surface area contributed by atoms with Crippen molar-refractivity contribution in [3.63, 3.8) is 0 Å². The lowest BCUT2D eigenvalue weighted by molar-refractivity contribution is -0.140. The van der Waals surface area contributed by atoms with Crippen LogP contribution in [0.3, 0.4) is 0 Å². The zero-order chi connectivity index (χ0) is 33.1. The van der Waals surface area contributed by atoms with Gasteiger partial charge < -0.3 is 24.2 Å². The Morgan fingerprint density at radius 2 is 1.81 bits per heavy atom. The van der Waals surface area contributed by atoms with Gasteiger partial charge in [0.2, 0.25) is 5.88 Å². The Bertz CT molecular complexity index is 1750. The third kappa shape index (κ3) is 6.49. The molecule has 0 radical (unpaired) electrons. The van der Waals surface area contributed by atoms with Crippen molar-refractivity contribution in [2.45, 2.75) is 71.0 Å². The van der Waals surface area contributed by atoms with Crippen LogP contribution in [-0.4, -0.2) is 64.6 Å². The lowest BCUT2D eigenvalue weighted by Crippen LogP contribution is -2.42. The second-order valence-electron chi connectivity index (χ2n) is 12.3. The number of amides is 1. The third-order valence-corrected chi connectivity index (χ3v) is 9.39. The van der Waals surface area contributed by atoms with E-state index >= 15 is 0 Å². The molecule has 0 spiro atoms. The van der Waals surface area contributed by atoms with E-state index in [1.165, 1.54) is 42.5 Å². The Hall–Kier alpha value is -4.63. The van der Waals surface area contributed by atoms with Crippen LogP contribution in [0.2, 0.25) is 0 Å². The Morgan fingerprint density at radius 1 is 1.02 bits per heavy atom. The van der Waals surface area contributed by atoms with Crippen molar-refractivity contribution in [1.82, 2.24) is 14.7 Å². The number of nitrogens with zero attached hydrogens (tertiary/aromatic N) is 3. The van der Waals surface area contributed by atoms with E-state index in [-0.39, 0.29) is 24.2 Å². The number of aliphatic hydroxyl groups is 1. The highest BCUT2D eigenvalue weighted by molar-refractivity contribution is 5.92. The number of aromatic nitrogens is 2. The van der Waals surface area contributed by atoms with Crippen molar-refractivity contribution in [3.05, 3.63) is 94.7 Å². The van der Waals surface area contributed by atoms with Gasteiger partial charge in [0.1, 0.15) is 23.5 Å². The number of aryl methyl sites for hydroxylation is 2. The van der Waals surface area contributed by atoms with E-state index in [2.05, 4.69) is 60.6 Å². The van der Waals surface area contributed by atoms with Crippen LogP contribution >= 0.6 is 0 Å². The van der Waals surface area contributed by atoms with E-state index in [0.29, 0.717) is 24.9 Å². The summed E-state index contributed by atoms with van der Waals surface area (Å²) in [5, 5.41) is 14.2. The van der Waals surface area contributed by atoms with E-state index in [4.69, 9.17) is 14.2 Å². The summed E-state index contributed by atoms with van der Waals surface area (Å²) in [7, 11) is 1.52. The number of hydrogen-bond acceptors (Lipinski definition) is 7. The van der Waals surface area contributed by atoms with Gasteiger partial charge >= 0.3 is 5.97 Å². The molecule has 6 rings (SSSR count). The molecule has 2 atom stereocenters. The van der Waals surface area contributed by atoms with E-state index in [0.717, 1.165) is 54.7 Å². The molecule has 246 valence electrons. The monoisotopic (exact) mass is 637 g/mol. The van der Waals surface area contributed by atoms with Crippen LogP contribution in [0.25, 0.3) is 16.8 Å². The maximum atomic E-state index is 12.5. The molecule has 47 heavy (non-hydrogen) atoms. The molecule has 1 saturated heterocycles. The summed E-state index contributed by atoms with van der Waals surface area (Å²) in [6.45, 7) is 7.07. The van der Waals surface area contributed by atoms with Crippen molar-refractivity contribution < 1.29 is 28.9 Å². The second-order valence-corrected chi connectivity index (χ2v) is 12.3. The Labute approximate surface area is 276 Å². The van der Waals surface area contributed by atoms with E-state index in [1.807, 2.05) is 12.1 Å². The van der Waals surface area contributed by atoms with Gasteiger partial charge in [0.25, 0.3) is 5.91 Å². The number of piperidine rings is 1. The number of methoxy groups -OCH3 is 1. The molecule has 2 heterocycles. The molecule has 2 aliphatic rings. The number of fused-ring (bicyclic) bond motifs is 1. The molecule has 2 unspecified atom stereocenters. The molecule has 1 aromatic heterocycles. The van der Waals surface area contributed by atoms with Crippen LogP contribution < -0.4 is 9.47 Å². The van der Waals surface area contributed by atoms with Gasteiger partial charge in [-0.3, -0.25) is 4.79 Å². The molecular weight excluding hydrogens is 594 g/mol. The topological polar surface area (TPSA) is 103 Å². The fourth-order valence-electron chi connectivity index (χ4n) is 7.08. The number of likely N-dealkylation sites (tertiary alicyclic amines) is 1. The van der Waals surface area contributed by atoms with Crippen molar-refractivity contribution in [1.29, 1.82) is 0 Å². The molecule has 4 aromatic rings. The highest BCUT2D eigenvalue weighted by Gasteiger charge is 2.30. The molecule has 0 saturated carbocycles. The normalized spacial score (nSPS) is 16.9. The standard InChI is InChI=1S/C38H43N3O6/c1-5-25-22-30(14-15-31(25)26-17-19-40(20-18-26)36(43)24(3)42)47-34-16-13-27-9-8-12-32(35(27)34)28-10-7-11-29(21-28)41-37(45-4)33(23-39-41)38(44)46-6-2/h7-12,14-15,21-24,26,34,42H,5-6,13,16-20H2,1-4H3. The molecule has 0 bridgehead atoms. The SMILES string of the molecule is CCOC(=O)c1cnn(-c2cccc(-c3cccc4c3C(Oc3ccc(C5CCN(C(=O)C(C)O)CC5)c(CC)c3)CC4)c2)c1OC. The fraction of sp³-hybridized carbons (Fsp3) is 0.395. The molecule has 1 fully saturated rings. The summed E-state index contributed by atoms with van der Waals surface area (Å²) in [4.78, 5) is 26.5. The average molecular weight is 638 g/mol. The van der Waals surface area contributed by atoms with Gasteiger partial charge in [-0.05, 0) is 104 Å². The second kappa shape index (κ2) is 14.0. The number of benzene rings is 3. The molecule has 1 aliphatic carbocycles. The first-order valence-electron chi connectivity index (χ1n) is 16.6. The molecule has 1 N–H and O–H groups in total. The van der Waals surface area contributed by atoms with E-state index < -0.39 is 12.1 Å². The van der Waals surface area contributed by atoms with Gasteiger partial charge in [-0.1, -0.05) is 43.3 Å². The third-order valence-electron chi connectivity index (χ3n) is 9.39. The first-order chi connectivity index (χ1) is 22.8. The van der Waals surface area contributed by atoms with Crippen LogP contribution in [0.4, 0.5) is 0 Å². The first kappa shape index (κ1) is 32.3. The average Bonchev–Trinajstić information content (AvgIpc) is 3.72. The number of esters is 1. The summed E-state index contributed by atoms with van der Waals surface area (Å²) >= 11 is 0. The summed E-state index contributed by atoms with van der Waals surface area (Å²) in [6.07, 6.45) is 4.93. The number of ether oxygens (including phenoxy) is 3. The molecule has 9 nitrogen and oxygen atoms in total. The van der Waals surface area contributed by atoms with Crippen LogP contribution in [0, 0.1) is 0 Å². The van der Waals surface area contributed by atoms with Gasteiger partial charge in [-0.25, -0.2) is 9.48 Å². The highest BCUT2D eigenvalue weighted by atomic mass is 16.5. The first-order valence-corrected chi connectivity index (χ1v) is 16.6. The van der Waals surface area contributed by atoms with Crippen molar-refractivity contribution >= 4 is 11.9 Å². The number of rotatable bonds is 10. The Morgan fingerprint density at radius 3 is 2.53 bits per heavy atom. The lowest BCUT2D eigenvalue weighted by Gasteiger charge is -2.33. The van der Waals surface area contributed by atoms with Crippen molar-refractivity contribution in [3.8, 4) is 28.4 Å². The quantitative estimate of drug-likeness (QED) is 0.200. The number of carbonyl (C=O) groups is 2. The molecular formula is C38H43N3O6. The minimum Gasteiger partial charge on any atom is -0.486 e. The van der Waals surface area contributed by atoms with Gasteiger partial charge in [0, 0.05) is 18.7 Å². The van der Waals surface area contributed by atoms with Gasteiger partial charge in [0.05, 0.1) is 25.6 Å². The summed E-state index contributed by atoms with van der Waals surface area (Å²) < 4.78 is 19.2. The Kier molecular flexibility index (Phi) is 9.63. The minimum atomic E-state index is -0.953. The van der Waals surface area contributed by atoms with Crippen LogP contribution in [-0.2, 0) is 22.4 Å². The van der Waals surface area contributed by atoms with Crippen molar-refractivity contribution in [2.75, 3.05) is 26.8 Å². The van der Waals surface area contributed by atoms with Crippen LogP contribution in [0.15, 0.2) is 66.9 Å². The van der Waals surface area contributed by atoms with E-state index in [9.17, 15) is 14.7 Å². The molecule has 1 amide bonds. The number of hydrogen-bond donors (Lipinski definition) is 1. The lowest BCUT2D eigenvalue weighted by atomic mass is 9.85. The fourth-order valence-corrected chi connectivity index (χ4v) is 7.08. The number of aliphatic hydroxyl groups excluding tert-OH is 1. The minimum absolute atomic E-state index is 0.0928. The maximum absolute atomic E-state index is 12.5. The van der Waals surface area contributed by atoms with Crippen LogP contribution in [0.5, 0.6) is 11.6 Å². The summed E-state index contributed by atoms with van der Waals surface area (Å²) in [5.41, 5.74) is 8.26.